The Bertz CT molecular complexity index is 341. The van der Waals surface area contributed by atoms with E-state index in [4.69, 9.17) is 5.11 Å². The maximum absolute atomic E-state index is 10.9. The van der Waals surface area contributed by atoms with Gasteiger partial charge in [-0.2, -0.15) is 0 Å². The molecule has 15 heavy (non-hydrogen) atoms. The number of anilines is 1. The molecule has 0 aliphatic carbocycles. The van der Waals surface area contributed by atoms with Crippen molar-refractivity contribution < 1.29 is 9.90 Å². The number of carboxylic acid groups (broad SMARTS) is 1. The number of rotatable bonds is 5. The molecule has 0 bridgehead atoms. The Hall–Kier alpha value is -0.620. The lowest BCUT2D eigenvalue weighted by molar-refractivity contribution is -0.138. The van der Waals surface area contributed by atoms with Crippen LogP contribution in [0.1, 0.15) is 20.3 Å². The van der Waals surface area contributed by atoms with Crippen molar-refractivity contribution in [2.45, 2.75) is 26.3 Å². The minimum atomic E-state index is -0.838. The normalized spacial score (nSPS) is 12.8. The number of nitrogens with zero attached hydrogens (tertiary/aromatic N) is 1. The van der Waals surface area contributed by atoms with Gasteiger partial charge in [0.05, 0.1) is 0 Å². The van der Waals surface area contributed by atoms with E-state index >= 15 is 0 Å². The van der Waals surface area contributed by atoms with Gasteiger partial charge in [-0.1, -0.05) is 13.8 Å². The molecule has 4 nitrogen and oxygen atoms in total. The molecule has 0 spiro atoms. The van der Waals surface area contributed by atoms with Crippen molar-refractivity contribution in [3.8, 4) is 0 Å². The molecule has 84 valence electrons. The van der Waals surface area contributed by atoms with Crippen molar-refractivity contribution in [1.82, 2.24) is 4.98 Å². The van der Waals surface area contributed by atoms with Crippen LogP contribution in [0, 0.1) is 5.92 Å². The van der Waals surface area contributed by atoms with Crippen molar-refractivity contribution in [3.63, 3.8) is 0 Å². The molecule has 0 saturated heterocycles. The highest BCUT2D eigenvalue weighted by molar-refractivity contribution is 9.10. The van der Waals surface area contributed by atoms with Crippen LogP contribution in [0.15, 0.2) is 9.98 Å². The molecule has 0 aliphatic heterocycles. The molecule has 1 heterocycles. The molecule has 1 aromatic rings. The van der Waals surface area contributed by atoms with E-state index in [0.29, 0.717) is 17.5 Å². The van der Waals surface area contributed by atoms with Crippen LogP contribution in [-0.4, -0.2) is 22.1 Å². The van der Waals surface area contributed by atoms with E-state index < -0.39 is 12.0 Å². The molecular weight excluding hydrogens is 280 g/mol. The lowest BCUT2D eigenvalue weighted by atomic mass is 10.0. The highest BCUT2D eigenvalue weighted by atomic mass is 79.9. The Labute approximate surface area is 101 Å². The van der Waals surface area contributed by atoms with Crippen molar-refractivity contribution in [3.05, 3.63) is 9.98 Å². The number of aliphatic carboxylic acids is 1. The van der Waals surface area contributed by atoms with Gasteiger partial charge in [0.25, 0.3) is 0 Å². The fraction of sp³-hybridized carbons (Fsp3) is 0.556. The number of halogens is 1. The van der Waals surface area contributed by atoms with Gasteiger partial charge < -0.3 is 10.4 Å². The number of hydrogen-bond donors (Lipinski definition) is 2. The maximum atomic E-state index is 10.9. The van der Waals surface area contributed by atoms with Crippen molar-refractivity contribution in [2.24, 2.45) is 5.92 Å². The van der Waals surface area contributed by atoms with Crippen LogP contribution in [0.2, 0.25) is 0 Å². The smallest absolute Gasteiger partial charge is 0.326 e. The summed E-state index contributed by atoms with van der Waals surface area (Å²) in [6.45, 7) is 3.99. The Morgan fingerprint density at radius 1 is 1.73 bits per heavy atom. The topological polar surface area (TPSA) is 62.2 Å². The van der Waals surface area contributed by atoms with E-state index in [2.05, 4.69) is 26.2 Å². The summed E-state index contributed by atoms with van der Waals surface area (Å²) in [6.07, 6.45) is 0.590. The third kappa shape index (κ3) is 4.17. The first kappa shape index (κ1) is 12.4. The molecule has 1 rings (SSSR count). The highest BCUT2D eigenvalue weighted by Crippen LogP contribution is 2.21. The van der Waals surface area contributed by atoms with Gasteiger partial charge in [0.2, 0.25) is 0 Å². The first-order valence-electron chi connectivity index (χ1n) is 4.59. The zero-order chi connectivity index (χ0) is 11.4. The molecule has 1 unspecified atom stereocenters. The first-order chi connectivity index (χ1) is 6.99. The molecule has 0 saturated carbocycles. The standard InChI is InChI=1S/C9H13BrN2O2S/c1-5(2)3-6(8(13)14)11-9-12-7(10)4-15-9/h4-6H,3H2,1-2H3,(H,11,12)(H,13,14). The molecule has 1 aromatic heterocycles. The predicted octanol–water partition coefficient (Wildman–Crippen LogP) is 2.82. The molecule has 6 heteroatoms. The summed E-state index contributed by atoms with van der Waals surface area (Å²) in [7, 11) is 0. The van der Waals surface area contributed by atoms with Crippen molar-refractivity contribution >= 4 is 38.4 Å². The minimum absolute atomic E-state index is 0.335. The highest BCUT2D eigenvalue weighted by Gasteiger charge is 2.19. The van der Waals surface area contributed by atoms with Crippen LogP contribution in [0.25, 0.3) is 0 Å². The summed E-state index contributed by atoms with van der Waals surface area (Å²) in [6, 6.07) is -0.567. The summed E-state index contributed by atoms with van der Waals surface area (Å²) in [5.41, 5.74) is 0. The van der Waals surface area contributed by atoms with Crippen LogP contribution >= 0.6 is 27.3 Å². The second-order valence-electron chi connectivity index (χ2n) is 3.64. The van der Waals surface area contributed by atoms with E-state index in [1.54, 1.807) is 0 Å². The summed E-state index contributed by atoms with van der Waals surface area (Å²) in [4.78, 5) is 15.0. The van der Waals surface area contributed by atoms with Gasteiger partial charge in [-0.3, -0.25) is 0 Å². The summed E-state index contributed by atoms with van der Waals surface area (Å²) < 4.78 is 0.726. The lowest BCUT2D eigenvalue weighted by Gasteiger charge is -2.15. The second kappa shape index (κ2) is 5.46. The SMILES string of the molecule is CC(C)CC(Nc1nc(Br)cs1)C(=O)O. The Morgan fingerprint density at radius 3 is 2.80 bits per heavy atom. The fourth-order valence-electron chi connectivity index (χ4n) is 1.16. The molecular formula is C9H13BrN2O2S. The number of carboxylic acids is 1. The van der Waals surface area contributed by atoms with Crippen LogP contribution in [-0.2, 0) is 4.79 Å². The number of nitrogens with one attached hydrogen (secondary N) is 1. The van der Waals surface area contributed by atoms with E-state index in [0.717, 1.165) is 4.60 Å². The third-order valence-corrected chi connectivity index (χ3v) is 3.26. The Balaban J connectivity index is 2.62. The fourth-order valence-corrected chi connectivity index (χ4v) is 2.36. The molecule has 1 atom stereocenters. The largest absolute Gasteiger partial charge is 0.480 e. The van der Waals surface area contributed by atoms with Gasteiger partial charge in [0.1, 0.15) is 10.6 Å². The Kier molecular flexibility index (Phi) is 4.53. The van der Waals surface area contributed by atoms with Gasteiger partial charge >= 0.3 is 5.97 Å². The minimum Gasteiger partial charge on any atom is -0.480 e. The summed E-state index contributed by atoms with van der Waals surface area (Å²) in [5.74, 6) is -0.503. The monoisotopic (exact) mass is 292 g/mol. The Morgan fingerprint density at radius 2 is 2.40 bits per heavy atom. The number of hydrogen-bond acceptors (Lipinski definition) is 4. The van der Waals surface area contributed by atoms with Crippen LogP contribution in [0.4, 0.5) is 5.13 Å². The average Bonchev–Trinajstić information content (AvgIpc) is 2.49. The van der Waals surface area contributed by atoms with Gasteiger partial charge in [0.15, 0.2) is 5.13 Å². The van der Waals surface area contributed by atoms with Crippen LogP contribution in [0.3, 0.4) is 0 Å². The third-order valence-electron chi connectivity index (χ3n) is 1.78. The predicted molar refractivity (Wildman–Crippen MR) is 64.3 cm³/mol. The quantitative estimate of drug-likeness (QED) is 0.876. The van der Waals surface area contributed by atoms with E-state index in [-0.39, 0.29) is 0 Å². The van der Waals surface area contributed by atoms with Crippen molar-refractivity contribution in [1.29, 1.82) is 0 Å². The number of carbonyl (C=O) groups is 1. The van der Waals surface area contributed by atoms with E-state index in [9.17, 15) is 4.79 Å². The zero-order valence-corrected chi connectivity index (χ0v) is 10.9. The molecule has 0 aliphatic rings. The van der Waals surface area contributed by atoms with Gasteiger partial charge in [-0.15, -0.1) is 11.3 Å². The van der Waals surface area contributed by atoms with Gasteiger partial charge in [-0.25, -0.2) is 9.78 Å². The van der Waals surface area contributed by atoms with Gasteiger partial charge in [0, 0.05) is 5.38 Å². The lowest BCUT2D eigenvalue weighted by Crippen LogP contribution is -2.30. The van der Waals surface area contributed by atoms with Crippen LogP contribution < -0.4 is 5.32 Å². The van der Waals surface area contributed by atoms with E-state index in [1.807, 2.05) is 19.2 Å². The molecule has 0 amide bonds. The molecule has 0 aromatic carbocycles. The molecule has 0 fully saturated rings. The zero-order valence-electron chi connectivity index (χ0n) is 8.53. The molecule has 2 N–H and O–H groups in total. The number of aromatic nitrogens is 1. The summed E-state index contributed by atoms with van der Waals surface area (Å²) in [5, 5.41) is 14.4. The van der Waals surface area contributed by atoms with Crippen molar-refractivity contribution in [2.75, 3.05) is 5.32 Å². The maximum Gasteiger partial charge on any atom is 0.326 e. The van der Waals surface area contributed by atoms with E-state index in [1.165, 1.54) is 11.3 Å². The first-order valence-corrected chi connectivity index (χ1v) is 6.26. The summed E-state index contributed by atoms with van der Waals surface area (Å²) >= 11 is 4.61. The van der Waals surface area contributed by atoms with Gasteiger partial charge in [-0.05, 0) is 28.3 Å². The second-order valence-corrected chi connectivity index (χ2v) is 5.31. The molecule has 0 radical (unpaired) electrons. The number of thiazole rings is 1. The van der Waals surface area contributed by atoms with Crippen LogP contribution in [0.5, 0.6) is 0 Å². The average molecular weight is 293 g/mol.